The first kappa shape index (κ1) is 15.5. The summed E-state index contributed by atoms with van der Waals surface area (Å²) in [5.74, 6) is 0.649. The number of aryl methyl sites for hydroxylation is 2. The second-order valence-electron chi connectivity index (χ2n) is 5.85. The Balaban J connectivity index is 2.71. The minimum Gasteiger partial charge on any atom is -0.483 e. The summed E-state index contributed by atoms with van der Waals surface area (Å²) in [6, 6.07) is 3.98. The zero-order valence-corrected chi connectivity index (χ0v) is 12.5. The van der Waals surface area contributed by atoms with Crippen molar-refractivity contribution in [2.45, 2.75) is 46.7 Å². The summed E-state index contributed by atoms with van der Waals surface area (Å²) in [7, 11) is 0. The van der Waals surface area contributed by atoms with Gasteiger partial charge in [0.1, 0.15) is 5.75 Å². The standard InChI is InChI=1S/C15H24N2O2/c1-10-6-12(8-16)7-11(2)14(10)19-9-13(18)17-15(3,4)5/h6-7H,8-9,16H2,1-5H3,(H,17,18). The Bertz CT molecular complexity index is 439. The molecule has 1 rings (SSSR count). The third kappa shape index (κ3) is 4.91. The molecule has 0 aliphatic heterocycles. The van der Waals surface area contributed by atoms with Crippen LogP contribution >= 0.6 is 0 Å². The van der Waals surface area contributed by atoms with Gasteiger partial charge in [-0.3, -0.25) is 4.79 Å². The molecule has 0 fully saturated rings. The van der Waals surface area contributed by atoms with Crippen molar-refractivity contribution in [3.8, 4) is 5.75 Å². The van der Waals surface area contributed by atoms with Gasteiger partial charge in [0.2, 0.25) is 0 Å². The quantitative estimate of drug-likeness (QED) is 0.875. The second kappa shape index (κ2) is 6.06. The first-order valence-electron chi connectivity index (χ1n) is 6.47. The van der Waals surface area contributed by atoms with Crippen molar-refractivity contribution in [3.05, 3.63) is 28.8 Å². The summed E-state index contributed by atoms with van der Waals surface area (Å²) in [4.78, 5) is 11.7. The topological polar surface area (TPSA) is 64.3 Å². The van der Waals surface area contributed by atoms with Gasteiger partial charge in [0.15, 0.2) is 6.61 Å². The van der Waals surface area contributed by atoms with Gasteiger partial charge in [0.25, 0.3) is 5.91 Å². The second-order valence-corrected chi connectivity index (χ2v) is 5.85. The first-order chi connectivity index (χ1) is 8.73. The van der Waals surface area contributed by atoms with Crippen molar-refractivity contribution >= 4 is 5.91 Å². The van der Waals surface area contributed by atoms with E-state index >= 15 is 0 Å². The van der Waals surface area contributed by atoms with Crippen LogP contribution in [-0.2, 0) is 11.3 Å². The molecule has 3 N–H and O–H groups in total. The van der Waals surface area contributed by atoms with Gasteiger partial charge in [0, 0.05) is 12.1 Å². The Kier molecular flexibility index (Phi) is 4.95. The van der Waals surface area contributed by atoms with E-state index in [0.717, 1.165) is 22.4 Å². The van der Waals surface area contributed by atoms with Crippen LogP contribution in [0.25, 0.3) is 0 Å². The molecule has 0 spiro atoms. The molecule has 0 aliphatic rings. The van der Waals surface area contributed by atoms with Crippen LogP contribution in [0.5, 0.6) is 5.75 Å². The summed E-state index contributed by atoms with van der Waals surface area (Å²) in [5.41, 5.74) is 8.46. The minimum absolute atomic E-state index is 0.0287. The number of nitrogens with one attached hydrogen (secondary N) is 1. The molecule has 4 nitrogen and oxygen atoms in total. The Hall–Kier alpha value is -1.55. The summed E-state index contributed by atoms with van der Waals surface area (Å²) in [5, 5.41) is 2.87. The Morgan fingerprint density at radius 1 is 1.26 bits per heavy atom. The van der Waals surface area contributed by atoms with Gasteiger partial charge in [0.05, 0.1) is 0 Å². The summed E-state index contributed by atoms with van der Waals surface area (Å²) < 4.78 is 5.62. The van der Waals surface area contributed by atoms with Crippen LogP contribution in [0.15, 0.2) is 12.1 Å². The van der Waals surface area contributed by atoms with Crippen LogP contribution in [0.3, 0.4) is 0 Å². The van der Waals surface area contributed by atoms with Gasteiger partial charge in [-0.15, -0.1) is 0 Å². The van der Waals surface area contributed by atoms with E-state index in [1.807, 2.05) is 46.8 Å². The minimum atomic E-state index is -0.242. The Morgan fingerprint density at radius 3 is 2.21 bits per heavy atom. The van der Waals surface area contributed by atoms with E-state index in [2.05, 4.69) is 5.32 Å². The normalized spacial score (nSPS) is 11.3. The van der Waals surface area contributed by atoms with Crippen molar-refractivity contribution in [2.75, 3.05) is 6.61 Å². The van der Waals surface area contributed by atoms with Crippen LogP contribution in [-0.4, -0.2) is 18.1 Å². The number of hydrogen-bond donors (Lipinski definition) is 2. The molecule has 0 aromatic heterocycles. The van der Waals surface area contributed by atoms with Crippen molar-refractivity contribution in [2.24, 2.45) is 5.73 Å². The molecule has 1 amide bonds. The van der Waals surface area contributed by atoms with Gasteiger partial charge in [-0.2, -0.15) is 0 Å². The highest BCUT2D eigenvalue weighted by molar-refractivity contribution is 5.78. The van der Waals surface area contributed by atoms with Crippen LogP contribution in [0.4, 0.5) is 0 Å². The maximum absolute atomic E-state index is 11.7. The van der Waals surface area contributed by atoms with Crippen LogP contribution in [0.1, 0.15) is 37.5 Å². The molecule has 0 radical (unpaired) electrons. The Morgan fingerprint density at radius 2 is 1.79 bits per heavy atom. The maximum atomic E-state index is 11.7. The monoisotopic (exact) mass is 264 g/mol. The summed E-state index contributed by atoms with van der Waals surface area (Å²) >= 11 is 0. The lowest BCUT2D eigenvalue weighted by atomic mass is 10.1. The highest BCUT2D eigenvalue weighted by Gasteiger charge is 2.15. The largest absolute Gasteiger partial charge is 0.483 e. The van der Waals surface area contributed by atoms with Crippen molar-refractivity contribution in [1.82, 2.24) is 5.32 Å². The lowest BCUT2D eigenvalue weighted by molar-refractivity contribution is -0.124. The Labute approximate surface area is 115 Å². The van der Waals surface area contributed by atoms with Gasteiger partial charge < -0.3 is 15.8 Å². The molecule has 106 valence electrons. The molecular formula is C15H24N2O2. The molecule has 4 heteroatoms. The van der Waals surface area contributed by atoms with Crippen molar-refractivity contribution in [1.29, 1.82) is 0 Å². The molecule has 0 saturated heterocycles. The third-order valence-electron chi connectivity index (χ3n) is 2.62. The lowest BCUT2D eigenvalue weighted by Crippen LogP contribution is -2.43. The fourth-order valence-corrected chi connectivity index (χ4v) is 1.98. The van der Waals surface area contributed by atoms with Crippen LogP contribution < -0.4 is 15.8 Å². The predicted molar refractivity (Wildman–Crippen MR) is 77.2 cm³/mol. The van der Waals surface area contributed by atoms with Gasteiger partial charge in [-0.1, -0.05) is 12.1 Å². The fraction of sp³-hybridized carbons (Fsp3) is 0.533. The zero-order chi connectivity index (χ0) is 14.6. The number of carbonyl (C=O) groups is 1. The van der Waals surface area contributed by atoms with Gasteiger partial charge >= 0.3 is 0 Å². The number of carbonyl (C=O) groups excluding carboxylic acids is 1. The van der Waals surface area contributed by atoms with Gasteiger partial charge in [-0.05, 0) is 51.3 Å². The van der Waals surface area contributed by atoms with Crippen molar-refractivity contribution in [3.63, 3.8) is 0 Å². The molecule has 0 atom stereocenters. The molecule has 1 aromatic rings. The maximum Gasteiger partial charge on any atom is 0.258 e. The molecule has 19 heavy (non-hydrogen) atoms. The van der Waals surface area contributed by atoms with E-state index in [1.165, 1.54) is 0 Å². The summed E-state index contributed by atoms with van der Waals surface area (Å²) in [6.07, 6.45) is 0. The predicted octanol–water partition coefficient (Wildman–Crippen LogP) is 2.06. The van der Waals surface area contributed by atoms with E-state index in [0.29, 0.717) is 6.54 Å². The van der Waals surface area contributed by atoms with Crippen LogP contribution in [0, 0.1) is 13.8 Å². The smallest absolute Gasteiger partial charge is 0.258 e. The number of rotatable bonds is 4. The molecule has 0 aliphatic carbocycles. The van der Waals surface area contributed by atoms with E-state index in [4.69, 9.17) is 10.5 Å². The highest BCUT2D eigenvalue weighted by Crippen LogP contribution is 2.24. The third-order valence-corrected chi connectivity index (χ3v) is 2.62. The SMILES string of the molecule is Cc1cc(CN)cc(C)c1OCC(=O)NC(C)(C)C. The molecular weight excluding hydrogens is 240 g/mol. The lowest BCUT2D eigenvalue weighted by Gasteiger charge is -2.21. The summed E-state index contributed by atoms with van der Waals surface area (Å²) in [6.45, 7) is 10.3. The molecule has 0 heterocycles. The number of benzene rings is 1. The van der Waals surface area contributed by atoms with Crippen LogP contribution in [0.2, 0.25) is 0 Å². The number of amides is 1. The van der Waals surface area contributed by atoms with Gasteiger partial charge in [-0.25, -0.2) is 0 Å². The molecule has 0 saturated carbocycles. The highest BCUT2D eigenvalue weighted by atomic mass is 16.5. The number of nitrogens with two attached hydrogens (primary N) is 1. The van der Waals surface area contributed by atoms with E-state index in [9.17, 15) is 4.79 Å². The van der Waals surface area contributed by atoms with E-state index in [1.54, 1.807) is 0 Å². The van der Waals surface area contributed by atoms with E-state index < -0.39 is 0 Å². The van der Waals surface area contributed by atoms with E-state index in [-0.39, 0.29) is 18.1 Å². The molecule has 1 aromatic carbocycles. The number of ether oxygens (including phenoxy) is 1. The molecule has 0 bridgehead atoms. The number of hydrogen-bond acceptors (Lipinski definition) is 3. The average molecular weight is 264 g/mol. The zero-order valence-electron chi connectivity index (χ0n) is 12.5. The molecule has 0 unspecified atom stereocenters. The van der Waals surface area contributed by atoms with Crippen molar-refractivity contribution < 1.29 is 9.53 Å². The first-order valence-corrected chi connectivity index (χ1v) is 6.47. The fourth-order valence-electron chi connectivity index (χ4n) is 1.98. The average Bonchev–Trinajstić information content (AvgIpc) is 2.25.